The minimum absolute atomic E-state index is 0.187. The van der Waals surface area contributed by atoms with Gasteiger partial charge in [0, 0.05) is 34.7 Å². The number of methoxy groups -OCH3 is 2. The smallest absolute Gasteiger partial charge is 0.332 e. The Kier molecular flexibility index (Phi) is 8.71. The first-order chi connectivity index (χ1) is 15.3. The summed E-state index contributed by atoms with van der Waals surface area (Å²) in [4.78, 5) is 23.9. The van der Waals surface area contributed by atoms with E-state index >= 15 is 0 Å². The maximum atomic E-state index is 12.0. The van der Waals surface area contributed by atoms with E-state index in [4.69, 9.17) is 30.4 Å². The van der Waals surface area contributed by atoms with Gasteiger partial charge in [-0.3, -0.25) is 0 Å². The fourth-order valence-electron chi connectivity index (χ4n) is 3.03. The predicted octanol–water partition coefficient (Wildman–Crippen LogP) is 3.10. The molecule has 8 heteroatoms. The summed E-state index contributed by atoms with van der Waals surface area (Å²) in [5.41, 5.74) is 15.3. The van der Waals surface area contributed by atoms with Crippen molar-refractivity contribution in [2.45, 2.75) is 13.8 Å². The van der Waals surface area contributed by atoms with Crippen LogP contribution in [0.2, 0.25) is 0 Å². The summed E-state index contributed by atoms with van der Waals surface area (Å²) < 4.78 is 20.6. The number of nitrogens with two attached hydrogens (primary N) is 2. The summed E-state index contributed by atoms with van der Waals surface area (Å²) >= 11 is 0. The normalized spacial score (nSPS) is 11.6. The topological polar surface area (TPSA) is 123 Å². The number of ether oxygens (including phenoxy) is 4. The standard InChI is InChI=1S/C24H28N2O6/c1-5-31-23(27)13-21(25)19-11-15(29-3)7-9-17(19)18-10-8-16(30-4)12-20(18)22(26)14-24(28)32-6-2/h7-14H,5-6,25-26H2,1-4H3/b21-13-,22-14-. The van der Waals surface area contributed by atoms with Gasteiger partial charge in [-0.2, -0.15) is 0 Å². The number of rotatable bonds is 9. The lowest BCUT2D eigenvalue weighted by molar-refractivity contribution is -0.138. The summed E-state index contributed by atoms with van der Waals surface area (Å²) in [5, 5.41) is 0. The summed E-state index contributed by atoms with van der Waals surface area (Å²) in [6, 6.07) is 10.5. The highest BCUT2D eigenvalue weighted by molar-refractivity contribution is 5.97. The Hall–Kier alpha value is -3.94. The molecule has 32 heavy (non-hydrogen) atoms. The van der Waals surface area contributed by atoms with Crippen molar-refractivity contribution in [3.63, 3.8) is 0 Å². The van der Waals surface area contributed by atoms with Crippen LogP contribution in [-0.4, -0.2) is 39.4 Å². The lowest BCUT2D eigenvalue weighted by Gasteiger charge is -2.17. The second-order valence-electron chi connectivity index (χ2n) is 6.53. The average Bonchev–Trinajstić information content (AvgIpc) is 2.78. The van der Waals surface area contributed by atoms with Crippen molar-refractivity contribution in [2.24, 2.45) is 11.5 Å². The minimum Gasteiger partial charge on any atom is -0.497 e. The zero-order valence-electron chi connectivity index (χ0n) is 18.6. The molecule has 0 aromatic heterocycles. The Morgan fingerprint density at radius 2 is 1.12 bits per heavy atom. The lowest BCUT2D eigenvalue weighted by atomic mass is 9.92. The first-order valence-electron chi connectivity index (χ1n) is 9.99. The number of esters is 2. The fraction of sp³-hybridized carbons (Fsp3) is 0.250. The Balaban J connectivity index is 2.71. The highest BCUT2D eigenvalue weighted by Crippen LogP contribution is 2.36. The largest absolute Gasteiger partial charge is 0.497 e. The second kappa shape index (κ2) is 11.5. The predicted molar refractivity (Wildman–Crippen MR) is 123 cm³/mol. The van der Waals surface area contributed by atoms with Crippen molar-refractivity contribution < 1.29 is 28.5 Å². The third kappa shape index (κ3) is 6.04. The van der Waals surface area contributed by atoms with E-state index in [1.165, 1.54) is 26.4 Å². The summed E-state index contributed by atoms with van der Waals surface area (Å²) in [6.45, 7) is 3.87. The molecule has 4 N–H and O–H groups in total. The molecule has 0 saturated carbocycles. The highest BCUT2D eigenvalue weighted by Gasteiger charge is 2.17. The van der Waals surface area contributed by atoms with Crippen LogP contribution in [0.4, 0.5) is 0 Å². The number of hydrogen-bond acceptors (Lipinski definition) is 8. The minimum atomic E-state index is -0.560. The van der Waals surface area contributed by atoms with Crippen LogP contribution in [0.3, 0.4) is 0 Å². The molecule has 0 aliphatic rings. The SMILES string of the molecule is CCOC(=O)/C=C(\N)c1cc(OC)ccc1-c1ccc(OC)cc1/C(N)=C/C(=O)OCC. The van der Waals surface area contributed by atoms with Crippen molar-refractivity contribution in [1.29, 1.82) is 0 Å². The Morgan fingerprint density at radius 3 is 1.44 bits per heavy atom. The molecule has 0 spiro atoms. The first-order valence-corrected chi connectivity index (χ1v) is 9.99. The second-order valence-corrected chi connectivity index (χ2v) is 6.53. The van der Waals surface area contributed by atoms with Crippen LogP contribution >= 0.6 is 0 Å². The van der Waals surface area contributed by atoms with Crippen molar-refractivity contribution >= 4 is 23.3 Å². The average molecular weight is 440 g/mol. The van der Waals surface area contributed by atoms with Gasteiger partial charge in [0.25, 0.3) is 0 Å². The Morgan fingerprint density at radius 1 is 0.750 bits per heavy atom. The van der Waals surface area contributed by atoms with E-state index in [9.17, 15) is 9.59 Å². The van der Waals surface area contributed by atoms with E-state index in [0.717, 1.165) is 0 Å². The van der Waals surface area contributed by atoms with Crippen molar-refractivity contribution in [3.8, 4) is 22.6 Å². The van der Waals surface area contributed by atoms with Crippen LogP contribution in [0, 0.1) is 0 Å². The van der Waals surface area contributed by atoms with Gasteiger partial charge in [0.1, 0.15) is 11.5 Å². The van der Waals surface area contributed by atoms with Crippen LogP contribution in [0.5, 0.6) is 11.5 Å². The van der Waals surface area contributed by atoms with Crippen molar-refractivity contribution in [1.82, 2.24) is 0 Å². The van der Waals surface area contributed by atoms with Gasteiger partial charge in [-0.1, -0.05) is 0 Å². The number of benzene rings is 2. The molecule has 0 atom stereocenters. The van der Waals surface area contributed by atoms with Crippen LogP contribution in [-0.2, 0) is 19.1 Å². The molecule has 0 saturated heterocycles. The molecular weight excluding hydrogens is 412 g/mol. The molecule has 8 nitrogen and oxygen atoms in total. The van der Waals surface area contributed by atoms with Crippen LogP contribution < -0.4 is 20.9 Å². The third-order valence-corrected chi connectivity index (χ3v) is 4.49. The van der Waals surface area contributed by atoms with E-state index in [1.54, 1.807) is 50.2 Å². The van der Waals surface area contributed by atoms with Crippen molar-refractivity contribution in [2.75, 3.05) is 27.4 Å². The number of hydrogen-bond donors (Lipinski definition) is 2. The third-order valence-electron chi connectivity index (χ3n) is 4.49. The number of carbonyl (C=O) groups is 2. The molecule has 0 bridgehead atoms. The molecule has 0 fully saturated rings. The fourth-order valence-corrected chi connectivity index (χ4v) is 3.03. The van der Waals surface area contributed by atoms with Gasteiger partial charge in [0.15, 0.2) is 0 Å². The molecular formula is C24H28N2O6. The quantitative estimate of drug-likeness (QED) is 0.450. The van der Waals surface area contributed by atoms with Gasteiger partial charge >= 0.3 is 11.9 Å². The van der Waals surface area contributed by atoms with Gasteiger partial charge in [0.2, 0.25) is 0 Å². The van der Waals surface area contributed by atoms with E-state index in [-0.39, 0.29) is 24.6 Å². The molecule has 2 aromatic carbocycles. The van der Waals surface area contributed by atoms with E-state index in [2.05, 4.69) is 0 Å². The van der Waals surface area contributed by atoms with Crippen LogP contribution in [0.15, 0.2) is 48.6 Å². The van der Waals surface area contributed by atoms with Gasteiger partial charge < -0.3 is 30.4 Å². The molecule has 0 aliphatic carbocycles. The molecule has 2 rings (SSSR count). The van der Waals surface area contributed by atoms with Gasteiger partial charge in [0.05, 0.1) is 27.4 Å². The van der Waals surface area contributed by atoms with E-state index in [0.29, 0.717) is 33.8 Å². The van der Waals surface area contributed by atoms with Crippen molar-refractivity contribution in [3.05, 3.63) is 59.7 Å². The lowest BCUT2D eigenvalue weighted by Crippen LogP contribution is -2.08. The maximum absolute atomic E-state index is 12.0. The molecule has 0 amide bonds. The molecule has 0 unspecified atom stereocenters. The zero-order chi connectivity index (χ0) is 23.7. The molecule has 0 radical (unpaired) electrons. The molecule has 2 aromatic rings. The highest BCUT2D eigenvalue weighted by atomic mass is 16.5. The molecule has 170 valence electrons. The zero-order valence-corrected chi connectivity index (χ0v) is 18.6. The first kappa shape index (κ1) is 24.3. The summed E-state index contributed by atoms with van der Waals surface area (Å²) in [6.07, 6.45) is 2.42. The van der Waals surface area contributed by atoms with E-state index in [1.807, 2.05) is 0 Å². The Bertz CT molecular complexity index is 959. The summed E-state index contributed by atoms with van der Waals surface area (Å²) in [5.74, 6) is -0.0194. The maximum Gasteiger partial charge on any atom is 0.332 e. The van der Waals surface area contributed by atoms with E-state index < -0.39 is 11.9 Å². The Labute approximate surface area is 187 Å². The van der Waals surface area contributed by atoms with Crippen LogP contribution in [0.25, 0.3) is 22.5 Å². The monoisotopic (exact) mass is 440 g/mol. The molecule has 0 heterocycles. The summed E-state index contributed by atoms with van der Waals surface area (Å²) in [7, 11) is 3.06. The van der Waals surface area contributed by atoms with Gasteiger partial charge in [-0.15, -0.1) is 0 Å². The van der Waals surface area contributed by atoms with Gasteiger partial charge in [-0.05, 0) is 61.4 Å². The number of carbonyl (C=O) groups excluding carboxylic acids is 2. The molecule has 0 aliphatic heterocycles. The van der Waals surface area contributed by atoms with Gasteiger partial charge in [-0.25, -0.2) is 9.59 Å². The van der Waals surface area contributed by atoms with Crippen LogP contribution in [0.1, 0.15) is 25.0 Å².